The van der Waals surface area contributed by atoms with E-state index < -0.39 is 0 Å². The van der Waals surface area contributed by atoms with Crippen LogP contribution in [-0.4, -0.2) is 16.5 Å². The summed E-state index contributed by atoms with van der Waals surface area (Å²) in [6, 6.07) is 8.58. The number of hydrogen-bond acceptors (Lipinski definition) is 4. The Labute approximate surface area is 120 Å². The summed E-state index contributed by atoms with van der Waals surface area (Å²) in [5, 5.41) is 6.65. The van der Waals surface area contributed by atoms with Crippen LogP contribution >= 0.6 is 0 Å². The van der Waals surface area contributed by atoms with Crippen molar-refractivity contribution in [1.82, 2.24) is 9.97 Å². The Morgan fingerprint density at radius 3 is 2.65 bits per heavy atom. The molecule has 4 heteroatoms. The molecule has 0 fully saturated rings. The fraction of sp³-hybridized carbons (Fsp3) is 0.375. The molecule has 0 spiro atoms. The number of nitrogens with zero attached hydrogens (tertiary/aromatic N) is 2. The summed E-state index contributed by atoms with van der Waals surface area (Å²) in [4.78, 5) is 8.74. The summed E-state index contributed by atoms with van der Waals surface area (Å²) in [5.74, 6) is 1.61. The van der Waals surface area contributed by atoms with E-state index in [0.29, 0.717) is 0 Å². The van der Waals surface area contributed by atoms with Gasteiger partial charge in [-0.25, -0.2) is 4.98 Å². The summed E-state index contributed by atoms with van der Waals surface area (Å²) in [6.07, 6.45) is 4.57. The van der Waals surface area contributed by atoms with Crippen molar-refractivity contribution in [2.24, 2.45) is 0 Å². The molecule has 2 aromatic rings. The Bertz CT molecular complexity index is 554. The zero-order chi connectivity index (χ0) is 14.4. The Morgan fingerprint density at radius 1 is 1.15 bits per heavy atom. The van der Waals surface area contributed by atoms with Gasteiger partial charge in [0.2, 0.25) is 0 Å². The number of benzene rings is 1. The number of rotatable bonds is 6. The quantitative estimate of drug-likeness (QED) is 0.838. The van der Waals surface area contributed by atoms with Crippen LogP contribution in [0, 0.1) is 6.92 Å². The molecule has 1 aromatic heterocycles. The molecule has 0 saturated carbocycles. The summed E-state index contributed by atoms with van der Waals surface area (Å²) in [5.41, 5.74) is 2.56. The van der Waals surface area contributed by atoms with Crippen molar-refractivity contribution < 1.29 is 0 Å². The predicted octanol–water partition coefficient (Wildman–Crippen LogP) is 3.78. The molecular weight excluding hydrogens is 248 g/mol. The van der Waals surface area contributed by atoms with Gasteiger partial charge in [0.05, 0.1) is 18.4 Å². The van der Waals surface area contributed by atoms with E-state index in [0.717, 1.165) is 24.6 Å². The van der Waals surface area contributed by atoms with Crippen molar-refractivity contribution in [1.29, 1.82) is 0 Å². The van der Waals surface area contributed by atoms with Crippen molar-refractivity contribution in [3.63, 3.8) is 0 Å². The molecule has 1 atom stereocenters. The average Bonchev–Trinajstić information content (AvgIpc) is 2.46. The summed E-state index contributed by atoms with van der Waals surface area (Å²) in [7, 11) is 0. The second-order valence-electron chi connectivity index (χ2n) is 4.94. The van der Waals surface area contributed by atoms with Gasteiger partial charge in [-0.1, -0.05) is 31.2 Å². The number of hydrogen-bond donors (Lipinski definition) is 2. The lowest BCUT2D eigenvalue weighted by Gasteiger charge is -2.17. The molecular formula is C16H22N4. The van der Waals surface area contributed by atoms with E-state index in [1.54, 1.807) is 12.4 Å². The highest BCUT2D eigenvalue weighted by Gasteiger charge is 2.08. The van der Waals surface area contributed by atoms with E-state index in [1.807, 2.05) is 0 Å². The average molecular weight is 270 g/mol. The van der Waals surface area contributed by atoms with E-state index in [9.17, 15) is 0 Å². The molecule has 0 saturated heterocycles. The molecule has 0 aliphatic rings. The first-order valence-corrected chi connectivity index (χ1v) is 7.08. The van der Waals surface area contributed by atoms with Gasteiger partial charge in [0.1, 0.15) is 11.6 Å². The van der Waals surface area contributed by atoms with Gasteiger partial charge in [0, 0.05) is 6.54 Å². The smallest absolute Gasteiger partial charge is 0.147 e. The summed E-state index contributed by atoms with van der Waals surface area (Å²) >= 11 is 0. The molecule has 1 unspecified atom stereocenters. The highest BCUT2D eigenvalue weighted by Crippen LogP contribution is 2.21. The standard InChI is InChI=1S/C16H22N4/c1-4-9-18-15-10-17-11-16(20-15)19-13(3)14-8-6-5-7-12(14)2/h5-8,10-11,13H,4,9H2,1-3H3,(H2,18,19,20). The maximum absolute atomic E-state index is 4.52. The molecule has 1 aromatic carbocycles. The van der Waals surface area contributed by atoms with Crippen LogP contribution in [0.5, 0.6) is 0 Å². The molecule has 2 N–H and O–H groups in total. The molecule has 0 aliphatic carbocycles. The van der Waals surface area contributed by atoms with E-state index in [4.69, 9.17) is 0 Å². The zero-order valence-corrected chi connectivity index (χ0v) is 12.4. The van der Waals surface area contributed by atoms with E-state index in [2.05, 4.69) is 65.6 Å². The highest BCUT2D eigenvalue weighted by molar-refractivity contribution is 5.44. The molecule has 4 nitrogen and oxygen atoms in total. The number of aromatic nitrogens is 2. The molecule has 2 rings (SSSR count). The SMILES string of the molecule is CCCNc1cncc(NC(C)c2ccccc2C)n1. The first kappa shape index (κ1) is 14.3. The highest BCUT2D eigenvalue weighted by atomic mass is 15.1. The van der Waals surface area contributed by atoms with Crippen molar-refractivity contribution in [2.75, 3.05) is 17.2 Å². The third-order valence-electron chi connectivity index (χ3n) is 3.21. The third kappa shape index (κ3) is 3.70. The molecule has 0 aliphatic heterocycles. The lowest BCUT2D eigenvalue weighted by atomic mass is 10.0. The van der Waals surface area contributed by atoms with E-state index in [-0.39, 0.29) is 6.04 Å². The Morgan fingerprint density at radius 2 is 1.90 bits per heavy atom. The largest absolute Gasteiger partial charge is 0.369 e. The van der Waals surface area contributed by atoms with Crippen molar-refractivity contribution in [2.45, 2.75) is 33.2 Å². The first-order chi connectivity index (χ1) is 9.70. The van der Waals surface area contributed by atoms with Crippen molar-refractivity contribution in [3.8, 4) is 0 Å². The van der Waals surface area contributed by atoms with E-state index in [1.165, 1.54) is 11.1 Å². The number of aryl methyl sites for hydroxylation is 1. The van der Waals surface area contributed by atoms with Crippen LogP contribution in [0.1, 0.15) is 37.4 Å². The Kier molecular flexibility index (Phi) is 4.93. The third-order valence-corrected chi connectivity index (χ3v) is 3.21. The fourth-order valence-electron chi connectivity index (χ4n) is 2.15. The van der Waals surface area contributed by atoms with Gasteiger partial charge >= 0.3 is 0 Å². The molecule has 0 amide bonds. The second-order valence-corrected chi connectivity index (χ2v) is 4.94. The molecule has 0 radical (unpaired) electrons. The summed E-state index contributed by atoms with van der Waals surface area (Å²) in [6.45, 7) is 7.29. The van der Waals surface area contributed by atoms with Crippen LogP contribution in [0.25, 0.3) is 0 Å². The first-order valence-electron chi connectivity index (χ1n) is 7.08. The second kappa shape index (κ2) is 6.89. The van der Waals surface area contributed by atoms with Crippen LogP contribution < -0.4 is 10.6 Å². The topological polar surface area (TPSA) is 49.8 Å². The fourth-order valence-corrected chi connectivity index (χ4v) is 2.15. The van der Waals surface area contributed by atoms with Crippen LogP contribution in [0.4, 0.5) is 11.6 Å². The van der Waals surface area contributed by atoms with Crippen LogP contribution in [-0.2, 0) is 0 Å². The van der Waals surface area contributed by atoms with Gasteiger partial charge in [0.15, 0.2) is 0 Å². The molecule has 0 bridgehead atoms. The minimum Gasteiger partial charge on any atom is -0.369 e. The van der Waals surface area contributed by atoms with Gasteiger partial charge in [-0.05, 0) is 31.4 Å². The van der Waals surface area contributed by atoms with Crippen molar-refractivity contribution >= 4 is 11.6 Å². The summed E-state index contributed by atoms with van der Waals surface area (Å²) < 4.78 is 0. The molecule has 106 valence electrons. The van der Waals surface area contributed by atoms with Gasteiger partial charge in [-0.3, -0.25) is 4.98 Å². The molecule has 1 heterocycles. The van der Waals surface area contributed by atoms with Crippen molar-refractivity contribution in [3.05, 3.63) is 47.8 Å². The van der Waals surface area contributed by atoms with Gasteiger partial charge in [-0.2, -0.15) is 0 Å². The minimum atomic E-state index is 0.201. The van der Waals surface area contributed by atoms with Gasteiger partial charge in [-0.15, -0.1) is 0 Å². The predicted molar refractivity (Wildman–Crippen MR) is 84.0 cm³/mol. The maximum atomic E-state index is 4.52. The maximum Gasteiger partial charge on any atom is 0.147 e. The monoisotopic (exact) mass is 270 g/mol. The van der Waals surface area contributed by atoms with Crippen LogP contribution in [0.3, 0.4) is 0 Å². The lowest BCUT2D eigenvalue weighted by Crippen LogP contribution is -2.11. The zero-order valence-electron chi connectivity index (χ0n) is 12.4. The lowest BCUT2D eigenvalue weighted by molar-refractivity contribution is 0.861. The normalized spacial score (nSPS) is 11.9. The van der Waals surface area contributed by atoms with E-state index >= 15 is 0 Å². The van der Waals surface area contributed by atoms with Crippen LogP contribution in [0.2, 0.25) is 0 Å². The molecule has 20 heavy (non-hydrogen) atoms. The minimum absolute atomic E-state index is 0.201. The van der Waals surface area contributed by atoms with Gasteiger partial charge in [0.25, 0.3) is 0 Å². The van der Waals surface area contributed by atoms with Gasteiger partial charge < -0.3 is 10.6 Å². The Balaban J connectivity index is 2.08. The Hall–Kier alpha value is -2.10. The number of anilines is 2. The van der Waals surface area contributed by atoms with Crippen LogP contribution in [0.15, 0.2) is 36.7 Å². The number of nitrogens with one attached hydrogen (secondary N) is 2.